The van der Waals surface area contributed by atoms with Gasteiger partial charge in [0, 0.05) is 30.3 Å². The highest BCUT2D eigenvalue weighted by molar-refractivity contribution is 6.02. The van der Waals surface area contributed by atoms with Gasteiger partial charge in [0.2, 0.25) is 0 Å². The number of carbonyl (C=O) groups excluding carboxylic acids is 4. The second-order valence-electron chi connectivity index (χ2n) is 7.19. The molecule has 196 valence electrons. The summed E-state index contributed by atoms with van der Waals surface area (Å²) >= 11 is 0. The Hall–Kier alpha value is -5.08. The molecule has 37 heavy (non-hydrogen) atoms. The maximum Gasteiger partial charge on any atom is 0.346 e. The Morgan fingerprint density at radius 3 is 1.86 bits per heavy atom. The standard InChI is InChI=1S/C22H21N3O12/c1-23(22(29)14-4-6-15(24(30)31)16(8-14)25(32)33)10-17(26)13-5-7-18(36-11-20(27)34-2)19(9-13)37-12-21(28)35-3/h4-9H,10-12H2,1-3H3. The van der Waals surface area contributed by atoms with Gasteiger partial charge >= 0.3 is 23.3 Å². The molecule has 0 unspecified atom stereocenters. The second kappa shape index (κ2) is 12.6. The van der Waals surface area contributed by atoms with E-state index in [1.165, 1.54) is 25.2 Å². The van der Waals surface area contributed by atoms with Crippen molar-refractivity contribution in [2.75, 3.05) is 41.0 Å². The third-order valence-electron chi connectivity index (χ3n) is 4.76. The molecule has 0 N–H and O–H groups in total. The molecule has 1 amide bonds. The molecule has 15 nitrogen and oxygen atoms in total. The zero-order valence-corrected chi connectivity index (χ0v) is 19.8. The van der Waals surface area contributed by atoms with Crippen LogP contribution in [0.2, 0.25) is 0 Å². The van der Waals surface area contributed by atoms with Gasteiger partial charge in [0.1, 0.15) is 0 Å². The predicted octanol–water partition coefficient (Wildman–Crippen LogP) is 1.56. The molecule has 0 aromatic heterocycles. The fraction of sp³-hybridized carbons (Fsp3) is 0.273. The summed E-state index contributed by atoms with van der Waals surface area (Å²) in [6.45, 7) is -1.49. The fourth-order valence-electron chi connectivity index (χ4n) is 2.86. The molecule has 0 radical (unpaired) electrons. The Bertz CT molecular complexity index is 1240. The number of methoxy groups -OCH3 is 2. The SMILES string of the molecule is COC(=O)COc1ccc(C(=O)CN(C)C(=O)c2ccc([N+](=O)[O-])c([N+](=O)[O-])c2)cc1OCC(=O)OC. The zero-order chi connectivity index (χ0) is 27.7. The number of benzene rings is 2. The van der Waals surface area contributed by atoms with E-state index in [1.807, 2.05) is 0 Å². The van der Waals surface area contributed by atoms with Crippen LogP contribution >= 0.6 is 0 Å². The summed E-state index contributed by atoms with van der Waals surface area (Å²) in [7, 11) is 3.57. The predicted molar refractivity (Wildman–Crippen MR) is 123 cm³/mol. The van der Waals surface area contributed by atoms with Gasteiger partial charge in [-0.25, -0.2) is 9.59 Å². The smallest absolute Gasteiger partial charge is 0.346 e. The monoisotopic (exact) mass is 519 g/mol. The van der Waals surface area contributed by atoms with Crippen molar-refractivity contribution in [3.63, 3.8) is 0 Å². The number of ether oxygens (including phenoxy) is 4. The summed E-state index contributed by atoms with van der Waals surface area (Å²) < 4.78 is 19.6. The number of likely N-dealkylation sites (N-methyl/N-ethyl adjacent to an activating group) is 1. The Balaban J connectivity index is 2.24. The van der Waals surface area contributed by atoms with E-state index in [1.54, 1.807) is 0 Å². The number of carbonyl (C=O) groups is 4. The molecule has 2 rings (SSSR count). The molecule has 0 saturated heterocycles. The molecule has 0 atom stereocenters. The Kier molecular flexibility index (Phi) is 9.57. The van der Waals surface area contributed by atoms with Gasteiger partial charge in [0.15, 0.2) is 30.5 Å². The molecule has 2 aromatic carbocycles. The average Bonchev–Trinajstić information content (AvgIpc) is 2.89. The summed E-state index contributed by atoms with van der Waals surface area (Å²) in [5.74, 6) is -2.85. The Morgan fingerprint density at radius 2 is 1.32 bits per heavy atom. The van der Waals surface area contributed by atoms with Crippen molar-refractivity contribution in [1.82, 2.24) is 4.90 Å². The van der Waals surface area contributed by atoms with Gasteiger partial charge in [-0.3, -0.25) is 29.8 Å². The van der Waals surface area contributed by atoms with Crippen molar-refractivity contribution in [2.24, 2.45) is 0 Å². The van der Waals surface area contributed by atoms with Gasteiger partial charge < -0.3 is 23.8 Å². The number of nitrogens with zero attached hydrogens (tertiary/aromatic N) is 3. The van der Waals surface area contributed by atoms with Gasteiger partial charge in [-0.2, -0.15) is 0 Å². The van der Waals surface area contributed by atoms with E-state index in [-0.39, 0.29) is 22.6 Å². The number of rotatable bonds is 12. The lowest BCUT2D eigenvalue weighted by Gasteiger charge is -2.17. The molecule has 0 heterocycles. The normalized spacial score (nSPS) is 10.1. The third-order valence-corrected chi connectivity index (χ3v) is 4.76. The van der Waals surface area contributed by atoms with E-state index < -0.39 is 64.6 Å². The van der Waals surface area contributed by atoms with Crippen LogP contribution in [0.15, 0.2) is 36.4 Å². The van der Waals surface area contributed by atoms with Crippen molar-refractivity contribution in [2.45, 2.75) is 0 Å². The van der Waals surface area contributed by atoms with Gasteiger partial charge in [-0.05, 0) is 24.3 Å². The van der Waals surface area contributed by atoms with E-state index in [0.29, 0.717) is 0 Å². The van der Waals surface area contributed by atoms with Crippen LogP contribution < -0.4 is 9.47 Å². The summed E-state index contributed by atoms with van der Waals surface area (Å²) in [5, 5.41) is 22.1. The van der Waals surface area contributed by atoms with Crippen LogP contribution in [0.5, 0.6) is 11.5 Å². The number of hydrogen-bond donors (Lipinski definition) is 0. The molecule has 15 heteroatoms. The molecule has 0 bridgehead atoms. The topological polar surface area (TPSA) is 195 Å². The first-order chi connectivity index (χ1) is 17.5. The van der Waals surface area contributed by atoms with Crippen LogP contribution in [0.1, 0.15) is 20.7 Å². The van der Waals surface area contributed by atoms with Crippen LogP contribution in [0.4, 0.5) is 11.4 Å². The van der Waals surface area contributed by atoms with Crippen molar-refractivity contribution in [3.05, 3.63) is 67.8 Å². The summed E-state index contributed by atoms with van der Waals surface area (Å²) in [6.07, 6.45) is 0. The Labute approximate surface area is 208 Å². The summed E-state index contributed by atoms with van der Waals surface area (Å²) in [4.78, 5) is 69.5. The average molecular weight is 519 g/mol. The lowest BCUT2D eigenvalue weighted by molar-refractivity contribution is -0.422. The van der Waals surface area contributed by atoms with E-state index in [9.17, 15) is 39.4 Å². The highest BCUT2D eigenvalue weighted by Gasteiger charge is 2.27. The second-order valence-corrected chi connectivity index (χ2v) is 7.19. The number of nitro groups is 2. The van der Waals surface area contributed by atoms with E-state index in [2.05, 4.69) is 9.47 Å². The molecule has 0 aliphatic rings. The minimum absolute atomic E-state index is 0.0217. The van der Waals surface area contributed by atoms with E-state index >= 15 is 0 Å². The van der Waals surface area contributed by atoms with Gasteiger partial charge in [0.25, 0.3) is 5.91 Å². The van der Waals surface area contributed by atoms with Crippen LogP contribution in [0.25, 0.3) is 0 Å². The van der Waals surface area contributed by atoms with Crippen LogP contribution in [-0.2, 0) is 19.1 Å². The van der Waals surface area contributed by atoms with E-state index in [4.69, 9.17) is 9.47 Å². The molecular formula is C22H21N3O12. The maximum atomic E-state index is 12.8. The number of nitro benzene ring substituents is 2. The molecule has 0 aliphatic carbocycles. The van der Waals surface area contributed by atoms with Gasteiger partial charge in [0.05, 0.1) is 30.6 Å². The highest BCUT2D eigenvalue weighted by atomic mass is 16.6. The van der Waals surface area contributed by atoms with Crippen molar-refractivity contribution >= 4 is 35.0 Å². The minimum atomic E-state index is -0.986. The lowest BCUT2D eigenvalue weighted by Crippen LogP contribution is -2.32. The fourth-order valence-corrected chi connectivity index (χ4v) is 2.86. The number of hydrogen-bond acceptors (Lipinski definition) is 12. The minimum Gasteiger partial charge on any atom is -0.478 e. The first kappa shape index (κ1) is 28.2. The van der Waals surface area contributed by atoms with Gasteiger partial charge in [-0.1, -0.05) is 0 Å². The Morgan fingerprint density at radius 1 is 0.784 bits per heavy atom. The van der Waals surface area contributed by atoms with Crippen LogP contribution in [0, 0.1) is 20.2 Å². The number of amides is 1. The number of ketones is 1. The largest absolute Gasteiger partial charge is 0.478 e. The third kappa shape index (κ3) is 7.45. The molecular weight excluding hydrogens is 498 g/mol. The highest BCUT2D eigenvalue weighted by Crippen LogP contribution is 2.30. The van der Waals surface area contributed by atoms with Crippen molar-refractivity contribution in [1.29, 1.82) is 0 Å². The van der Waals surface area contributed by atoms with Crippen molar-refractivity contribution in [3.8, 4) is 11.5 Å². The zero-order valence-electron chi connectivity index (χ0n) is 19.8. The first-order valence-electron chi connectivity index (χ1n) is 10.2. The first-order valence-corrected chi connectivity index (χ1v) is 10.2. The van der Waals surface area contributed by atoms with E-state index in [0.717, 1.165) is 37.3 Å². The van der Waals surface area contributed by atoms with Crippen molar-refractivity contribution < 1.29 is 48.0 Å². The molecule has 0 fully saturated rings. The molecule has 0 aliphatic heterocycles. The molecule has 0 spiro atoms. The molecule has 0 saturated carbocycles. The lowest BCUT2D eigenvalue weighted by atomic mass is 10.1. The number of esters is 2. The number of Topliss-reactive ketones (excluding diaryl/α,β-unsaturated/α-hetero) is 1. The maximum absolute atomic E-state index is 12.8. The van der Waals surface area contributed by atoms with Crippen LogP contribution in [-0.4, -0.2) is 79.4 Å². The molecule has 2 aromatic rings. The van der Waals surface area contributed by atoms with Crippen LogP contribution in [0.3, 0.4) is 0 Å². The summed E-state index contributed by atoms with van der Waals surface area (Å²) in [6, 6.07) is 6.50. The summed E-state index contributed by atoms with van der Waals surface area (Å²) in [5.41, 5.74) is -1.85. The van der Waals surface area contributed by atoms with Gasteiger partial charge in [-0.15, -0.1) is 0 Å². The quantitative estimate of drug-likeness (QED) is 0.170.